The van der Waals surface area contributed by atoms with E-state index in [9.17, 15) is 4.79 Å². The van der Waals surface area contributed by atoms with E-state index in [-0.39, 0.29) is 24.9 Å². The number of primary amides is 1. The van der Waals surface area contributed by atoms with Gasteiger partial charge in [0, 0.05) is 5.92 Å². The molecule has 0 fully saturated rings. The average Bonchev–Trinajstić information content (AvgIpc) is 2.18. The van der Waals surface area contributed by atoms with E-state index >= 15 is 0 Å². The van der Waals surface area contributed by atoms with Crippen LogP contribution in [-0.4, -0.2) is 19.1 Å². The van der Waals surface area contributed by atoms with Gasteiger partial charge in [-0.3, -0.25) is 4.79 Å². The molecule has 0 aromatic heterocycles. The Balaban J connectivity index is 0.00000196. The van der Waals surface area contributed by atoms with Crippen molar-refractivity contribution in [3.8, 4) is 0 Å². The summed E-state index contributed by atoms with van der Waals surface area (Å²) in [6.07, 6.45) is 0. The third-order valence-electron chi connectivity index (χ3n) is 1.98. The molecule has 0 saturated carbocycles. The summed E-state index contributed by atoms with van der Waals surface area (Å²) in [6.45, 7) is 2.57. The lowest BCUT2D eigenvalue weighted by Crippen LogP contribution is -2.19. The molecule has 0 aliphatic carbocycles. The lowest BCUT2D eigenvalue weighted by atomic mass is 10.0. The van der Waals surface area contributed by atoms with Crippen LogP contribution >= 0.6 is 12.4 Å². The molecule has 4 heteroatoms. The van der Waals surface area contributed by atoms with E-state index in [4.69, 9.17) is 10.5 Å². The molecule has 0 heterocycles. The second kappa shape index (κ2) is 7.26. The summed E-state index contributed by atoms with van der Waals surface area (Å²) in [4.78, 5) is 10.4. The molecule has 1 unspecified atom stereocenters. The van der Waals surface area contributed by atoms with Crippen molar-refractivity contribution in [1.82, 2.24) is 0 Å². The molecule has 3 nitrogen and oxygen atoms in total. The highest BCUT2D eigenvalue weighted by Gasteiger charge is 2.05. The Kier molecular flexibility index (Phi) is 6.75. The predicted octanol–water partition coefficient (Wildman–Crippen LogP) is 1.71. The van der Waals surface area contributed by atoms with Crippen molar-refractivity contribution in [3.05, 3.63) is 35.9 Å². The summed E-state index contributed by atoms with van der Waals surface area (Å²) in [7, 11) is 0. The zero-order chi connectivity index (χ0) is 10.4. The van der Waals surface area contributed by atoms with Gasteiger partial charge in [-0.1, -0.05) is 37.3 Å². The summed E-state index contributed by atoms with van der Waals surface area (Å²) in [6, 6.07) is 10.0. The molecule has 1 aromatic rings. The van der Waals surface area contributed by atoms with Crippen LogP contribution < -0.4 is 5.73 Å². The summed E-state index contributed by atoms with van der Waals surface area (Å²) >= 11 is 0. The van der Waals surface area contributed by atoms with E-state index in [1.54, 1.807) is 0 Å². The van der Waals surface area contributed by atoms with E-state index in [1.165, 1.54) is 5.56 Å². The molecule has 0 aliphatic rings. The molecule has 0 spiro atoms. The Hall–Kier alpha value is -1.06. The number of amides is 1. The summed E-state index contributed by atoms with van der Waals surface area (Å²) < 4.78 is 5.14. The zero-order valence-corrected chi connectivity index (χ0v) is 9.50. The topological polar surface area (TPSA) is 52.3 Å². The van der Waals surface area contributed by atoms with Gasteiger partial charge in [0.05, 0.1) is 6.61 Å². The number of halogens is 1. The Labute approximate surface area is 96.0 Å². The molecular formula is C11H16ClNO2. The molecule has 1 rings (SSSR count). The third-order valence-corrected chi connectivity index (χ3v) is 1.98. The van der Waals surface area contributed by atoms with Crippen LogP contribution in [0.2, 0.25) is 0 Å². The molecule has 0 aliphatic heterocycles. The Morgan fingerprint density at radius 3 is 2.53 bits per heavy atom. The number of hydrogen-bond acceptors (Lipinski definition) is 2. The van der Waals surface area contributed by atoms with Crippen LogP contribution in [0.4, 0.5) is 0 Å². The lowest BCUT2D eigenvalue weighted by Gasteiger charge is -2.11. The number of hydrogen-bond donors (Lipinski definition) is 1. The molecule has 84 valence electrons. The molecule has 2 N–H and O–H groups in total. The minimum atomic E-state index is -0.426. The number of benzene rings is 1. The summed E-state index contributed by atoms with van der Waals surface area (Å²) in [5, 5.41) is 0. The largest absolute Gasteiger partial charge is 0.371 e. The number of carbonyl (C=O) groups is 1. The van der Waals surface area contributed by atoms with Gasteiger partial charge in [0.1, 0.15) is 6.61 Å². The van der Waals surface area contributed by atoms with Crippen LogP contribution in [0.25, 0.3) is 0 Å². The molecular weight excluding hydrogens is 214 g/mol. The Morgan fingerprint density at radius 2 is 2.00 bits per heavy atom. The summed E-state index contributed by atoms with van der Waals surface area (Å²) in [5.41, 5.74) is 6.16. The molecule has 1 amide bonds. The number of ether oxygens (including phenoxy) is 1. The fourth-order valence-corrected chi connectivity index (χ4v) is 1.21. The standard InChI is InChI=1S/C11H15NO2.ClH/c1-9(7-14-8-11(12)13)10-5-3-2-4-6-10;/h2-6,9H,7-8H2,1H3,(H2,12,13);1H. The van der Waals surface area contributed by atoms with Gasteiger partial charge < -0.3 is 10.5 Å². The molecule has 0 radical (unpaired) electrons. The second-order valence-electron chi connectivity index (χ2n) is 3.29. The quantitative estimate of drug-likeness (QED) is 0.836. The van der Waals surface area contributed by atoms with Gasteiger partial charge in [-0.2, -0.15) is 0 Å². The van der Waals surface area contributed by atoms with E-state index in [0.717, 1.165) is 0 Å². The van der Waals surface area contributed by atoms with Gasteiger partial charge in [-0.15, -0.1) is 12.4 Å². The van der Waals surface area contributed by atoms with Crippen LogP contribution in [0.1, 0.15) is 18.4 Å². The van der Waals surface area contributed by atoms with Gasteiger partial charge in [0.2, 0.25) is 5.91 Å². The van der Waals surface area contributed by atoms with Gasteiger partial charge in [0.15, 0.2) is 0 Å². The minimum Gasteiger partial charge on any atom is -0.371 e. The van der Waals surface area contributed by atoms with E-state index in [0.29, 0.717) is 6.61 Å². The second-order valence-corrected chi connectivity index (χ2v) is 3.29. The SMILES string of the molecule is CC(COCC(N)=O)c1ccccc1.Cl. The number of nitrogens with two attached hydrogens (primary N) is 1. The summed E-state index contributed by atoms with van der Waals surface area (Å²) in [5.74, 6) is -0.138. The lowest BCUT2D eigenvalue weighted by molar-refractivity contribution is -0.122. The number of rotatable bonds is 5. The first-order valence-electron chi connectivity index (χ1n) is 4.61. The van der Waals surface area contributed by atoms with Crippen LogP contribution in [0.3, 0.4) is 0 Å². The molecule has 1 atom stereocenters. The van der Waals surface area contributed by atoms with Crippen molar-refractivity contribution >= 4 is 18.3 Å². The van der Waals surface area contributed by atoms with Crippen molar-refractivity contribution in [1.29, 1.82) is 0 Å². The average molecular weight is 230 g/mol. The molecule has 0 saturated heterocycles. The van der Waals surface area contributed by atoms with Crippen LogP contribution in [-0.2, 0) is 9.53 Å². The first kappa shape index (κ1) is 13.9. The predicted molar refractivity (Wildman–Crippen MR) is 62.1 cm³/mol. The Bertz CT molecular complexity index is 290. The molecule has 15 heavy (non-hydrogen) atoms. The van der Waals surface area contributed by atoms with Gasteiger partial charge in [0.25, 0.3) is 0 Å². The minimum absolute atomic E-state index is 0. The first-order chi connectivity index (χ1) is 6.70. The molecule has 1 aromatic carbocycles. The highest BCUT2D eigenvalue weighted by Crippen LogP contribution is 2.14. The van der Waals surface area contributed by atoms with Crippen molar-refractivity contribution in [2.24, 2.45) is 5.73 Å². The van der Waals surface area contributed by atoms with Crippen molar-refractivity contribution in [3.63, 3.8) is 0 Å². The fraction of sp³-hybridized carbons (Fsp3) is 0.364. The van der Waals surface area contributed by atoms with E-state index < -0.39 is 5.91 Å². The van der Waals surface area contributed by atoms with Crippen molar-refractivity contribution in [2.45, 2.75) is 12.8 Å². The van der Waals surface area contributed by atoms with Gasteiger partial charge >= 0.3 is 0 Å². The van der Waals surface area contributed by atoms with Crippen LogP contribution in [0, 0.1) is 0 Å². The van der Waals surface area contributed by atoms with E-state index in [2.05, 4.69) is 6.92 Å². The molecule has 0 bridgehead atoms. The maximum absolute atomic E-state index is 10.4. The highest BCUT2D eigenvalue weighted by molar-refractivity contribution is 5.85. The Morgan fingerprint density at radius 1 is 1.40 bits per heavy atom. The zero-order valence-electron chi connectivity index (χ0n) is 8.68. The van der Waals surface area contributed by atoms with E-state index in [1.807, 2.05) is 30.3 Å². The maximum Gasteiger partial charge on any atom is 0.243 e. The monoisotopic (exact) mass is 229 g/mol. The van der Waals surface area contributed by atoms with Gasteiger partial charge in [-0.25, -0.2) is 0 Å². The first-order valence-corrected chi connectivity index (χ1v) is 4.61. The van der Waals surface area contributed by atoms with Gasteiger partial charge in [-0.05, 0) is 5.56 Å². The van der Waals surface area contributed by atoms with Crippen molar-refractivity contribution in [2.75, 3.05) is 13.2 Å². The van der Waals surface area contributed by atoms with Crippen molar-refractivity contribution < 1.29 is 9.53 Å². The highest BCUT2D eigenvalue weighted by atomic mass is 35.5. The van der Waals surface area contributed by atoms with Crippen LogP contribution in [0.15, 0.2) is 30.3 Å². The maximum atomic E-state index is 10.4. The fourth-order valence-electron chi connectivity index (χ4n) is 1.21. The smallest absolute Gasteiger partial charge is 0.243 e. The van der Waals surface area contributed by atoms with Crippen LogP contribution in [0.5, 0.6) is 0 Å². The normalized spacial score (nSPS) is 11.5. The third kappa shape index (κ3) is 5.40. The number of carbonyl (C=O) groups excluding carboxylic acids is 1.